The molecule has 1 aromatic carbocycles. The van der Waals surface area contributed by atoms with Crippen molar-refractivity contribution in [2.45, 2.75) is 6.92 Å². The first-order valence-corrected chi connectivity index (χ1v) is 8.83. The van der Waals surface area contributed by atoms with Crippen LogP contribution >= 0.6 is 11.6 Å². The Morgan fingerprint density at radius 2 is 1.96 bits per heavy atom. The summed E-state index contributed by atoms with van der Waals surface area (Å²) in [4.78, 5) is 16.2. The number of rotatable bonds is 3. The molecule has 0 unspecified atom stereocenters. The Kier molecular flexibility index (Phi) is 4.42. The highest BCUT2D eigenvalue weighted by atomic mass is 35.5. The van der Waals surface area contributed by atoms with Gasteiger partial charge in [-0.05, 0) is 24.6 Å². The van der Waals surface area contributed by atoms with Crippen molar-refractivity contribution in [3.05, 3.63) is 28.9 Å². The molecule has 0 N–H and O–H groups in total. The second-order valence-electron chi connectivity index (χ2n) is 6.27. The van der Waals surface area contributed by atoms with Crippen LogP contribution in [0.5, 0.6) is 5.75 Å². The van der Waals surface area contributed by atoms with Gasteiger partial charge in [-0.25, -0.2) is 15.0 Å². The van der Waals surface area contributed by atoms with Gasteiger partial charge in [0.15, 0.2) is 11.3 Å². The minimum Gasteiger partial charge on any atom is -0.496 e. The molecule has 0 atom stereocenters. The van der Waals surface area contributed by atoms with Crippen LogP contribution in [0.3, 0.4) is 0 Å². The van der Waals surface area contributed by atoms with Crippen LogP contribution in [0.15, 0.2) is 18.3 Å². The maximum absolute atomic E-state index is 6.17. The molecule has 0 radical (unpaired) electrons. The summed E-state index contributed by atoms with van der Waals surface area (Å²) in [6, 6.07) is 3.70. The molecule has 3 aromatic rings. The summed E-state index contributed by atoms with van der Waals surface area (Å²) in [6.07, 6.45) is 1.80. The summed E-state index contributed by atoms with van der Waals surface area (Å²) < 4.78 is 12.9. The van der Waals surface area contributed by atoms with Crippen LogP contribution in [-0.4, -0.2) is 52.9 Å². The maximum atomic E-state index is 6.17. The molecule has 1 fully saturated rings. The molecule has 26 heavy (non-hydrogen) atoms. The number of methoxy groups -OCH3 is 1. The second kappa shape index (κ2) is 6.74. The third-order valence-electron chi connectivity index (χ3n) is 4.61. The molecule has 0 saturated carbocycles. The molecule has 2 aromatic heterocycles. The molecule has 0 aliphatic carbocycles. The van der Waals surface area contributed by atoms with E-state index in [1.54, 1.807) is 19.4 Å². The molecule has 0 amide bonds. The van der Waals surface area contributed by atoms with Crippen molar-refractivity contribution in [3.8, 4) is 17.1 Å². The van der Waals surface area contributed by atoms with E-state index in [9.17, 15) is 0 Å². The Morgan fingerprint density at radius 1 is 1.19 bits per heavy atom. The van der Waals surface area contributed by atoms with Crippen LogP contribution in [0, 0.1) is 6.92 Å². The minimum absolute atomic E-state index is 0.614. The van der Waals surface area contributed by atoms with E-state index in [2.05, 4.69) is 9.88 Å². The Hall–Kier alpha value is -2.38. The Morgan fingerprint density at radius 3 is 2.69 bits per heavy atom. The molecule has 0 spiro atoms. The van der Waals surface area contributed by atoms with Crippen molar-refractivity contribution in [1.29, 1.82) is 0 Å². The molecule has 7 nitrogen and oxygen atoms in total. The lowest BCUT2D eigenvalue weighted by molar-refractivity contribution is 0.122. The number of hydrogen-bond acceptors (Lipinski definition) is 6. The highest BCUT2D eigenvalue weighted by Crippen LogP contribution is 2.36. The van der Waals surface area contributed by atoms with Gasteiger partial charge in [0, 0.05) is 25.2 Å². The van der Waals surface area contributed by atoms with Crippen molar-refractivity contribution < 1.29 is 9.47 Å². The predicted octanol–water partition coefficient (Wildman–Crippen LogP) is 2.84. The van der Waals surface area contributed by atoms with Gasteiger partial charge in [-0.3, -0.25) is 0 Å². The number of aromatic nitrogens is 4. The summed E-state index contributed by atoms with van der Waals surface area (Å²) in [6.45, 7) is 5.01. The van der Waals surface area contributed by atoms with Crippen molar-refractivity contribution in [3.63, 3.8) is 0 Å². The summed E-state index contributed by atoms with van der Waals surface area (Å²) in [5.74, 6) is 2.26. The number of benzene rings is 1. The largest absolute Gasteiger partial charge is 0.496 e. The topological polar surface area (TPSA) is 65.3 Å². The average molecular weight is 374 g/mol. The van der Waals surface area contributed by atoms with E-state index >= 15 is 0 Å². The number of morpholine rings is 1. The van der Waals surface area contributed by atoms with Crippen molar-refractivity contribution >= 4 is 28.7 Å². The van der Waals surface area contributed by atoms with Gasteiger partial charge < -0.3 is 18.9 Å². The average Bonchev–Trinajstić information content (AvgIpc) is 2.97. The molecule has 1 aliphatic rings. The lowest BCUT2D eigenvalue weighted by atomic mass is 10.1. The Balaban J connectivity index is 1.83. The van der Waals surface area contributed by atoms with Gasteiger partial charge in [0.1, 0.15) is 17.4 Å². The van der Waals surface area contributed by atoms with E-state index in [0.29, 0.717) is 29.6 Å². The summed E-state index contributed by atoms with van der Waals surface area (Å²) in [5.41, 5.74) is 3.23. The van der Waals surface area contributed by atoms with E-state index in [1.165, 1.54) is 0 Å². The third kappa shape index (κ3) is 2.87. The van der Waals surface area contributed by atoms with Crippen LogP contribution < -0.4 is 9.64 Å². The number of aryl methyl sites for hydroxylation is 2. The molecule has 3 heterocycles. The van der Waals surface area contributed by atoms with Gasteiger partial charge in [0.25, 0.3) is 0 Å². The van der Waals surface area contributed by atoms with E-state index in [-0.39, 0.29) is 0 Å². The fraction of sp³-hybridized carbons (Fsp3) is 0.389. The molecule has 1 saturated heterocycles. The van der Waals surface area contributed by atoms with E-state index in [0.717, 1.165) is 41.5 Å². The van der Waals surface area contributed by atoms with Crippen molar-refractivity contribution in [1.82, 2.24) is 19.5 Å². The molecule has 0 bridgehead atoms. The van der Waals surface area contributed by atoms with Crippen molar-refractivity contribution in [2.75, 3.05) is 38.3 Å². The quantitative estimate of drug-likeness (QED) is 0.703. The first kappa shape index (κ1) is 17.1. The SMILES string of the molecule is COc1cc(Cl)cc(C)c1-c1nc2nc(N3CCOCC3)cnc2n1C. The normalized spacial score (nSPS) is 14.8. The highest BCUT2D eigenvalue weighted by Gasteiger charge is 2.20. The number of halogens is 1. The highest BCUT2D eigenvalue weighted by molar-refractivity contribution is 6.31. The zero-order valence-electron chi connectivity index (χ0n) is 15.0. The van der Waals surface area contributed by atoms with Crippen LogP contribution in [0.1, 0.15) is 5.56 Å². The van der Waals surface area contributed by atoms with Gasteiger partial charge >= 0.3 is 0 Å². The zero-order chi connectivity index (χ0) is 18.3. The maximum Gasteiger partial charge on any atom is 0.200 e. The van der Waals surface area contributed by atoms with Crippen LogP contribution in [0.2, 0.25) is 5.02 Å². The Bertz CT molecular complexity index is 966. The minimum atomic E-state index is 0.614. The Labute approximate surface area is 156 Å². The molecule has 136 valence electrons. The van der Waals surface area contributed by atoms with Crippen LogP contribution in [0.4, 0.5) is 5.82 Å². The standard InChI is InChI=1S/C18H20ClN5O2/c1-11-8-12(19)9-13(25-3)15(11)17-22-16-18(23(17)2)20-10-14(21-16)24-4-6-26-7-5-24/h8-10H,4-7H2,1-3H3. The molecule has 1 aliphatic heterocycles. The van der Waals surface area contributed by atoms with Gasteiger partial charge in [-0.2, -0.15) is 0 Å². The molecular weight excluding hydrogens is 354 g/mol. The molecular formula is C18H20ClN5O2. The summed E-state index contributed by atoms with van der Waals surface area (Å²) in [5, 5.41) is 0.632. The first-order chi connectivity index (χ1) is 12.6. The molecule has 4 rings (SSSR count). The van der Waals surface area contributed by atoms with Gasteiger partial charge in [-0.1, -0.05) is 11.6 Å². The van der Waals surface area contributed by atoms with E-state index < -0.39 is 0 Å². The summed E-state index contributed by atoms with van der Waals surface area (Å²) in [7, 11) is 3.56. The zero-order valence-corrected chi connectivity index (χ0v) is 15.7. The predicted molar refractivity (Wildman–Crippen MR) is 101 cm³/mol. The van der Waals surface area contributed by atoms with Gasteiger partial charge in [0.2, 0.25) is 0 Å². The van der Waals surface area contributed by atoms with Crippen LogP contribution in [0.25, 0.3) is 22.7 Å². The number of anilines is 1. The van der Waals surface area contributed by atoms with Gasteiger partial charge in [-0.15, -0.1) is 0 Å². The first-order valence-electron chi connectivity index (χ1n) is 8.45. The van der Waals surface area contributed by atoms with E-state index in [4.69, 9.17) is 31.0 Å². The van der Waals surface area contributed by atoms with Gasteiger partial charge in [0.05, 0.1) is 32.1 Å². The number of fused-ring (bicyclic) bond motifs is 1. The lowest BCUT2D eigenvalue weighted by Gasteiger charge is -2.27. The number of ether oxygens (including phenoxy) is 2. The summed E-state index contributed by atoms with van der Waals surface area (Å²) >= 11 is 6.17. The number of hydrogen-bond donors (Lipinski definition) is 0. The fourth-order valence-electron chi connectivity index (χ4n) is 3.28. The van der Waals surface area contributed by atoms with Crippen LogP contribution in [-0.2, 0) is 11.8 Å². The van der Waals surface area contributed by atoms with Crippen molar-refractivity contribution in [2.24, 2.45) is 7.05 Å². The number of imidazole rings is 1. The lowest BCUT2D eigenvalue weighted by Crippen LogP contribution is -2.36. The monoisotopic (exact) mass is 373 g/mol. The second-order valence-corrected chi connectivity index (χ2v) is 6.71. The van der Waals surface area contributed by atoms with E-state index in [1.807, 2.05) is 24.6 Å². The third-order valence-corrected chi connectivity index (χ3v) is 4.83. The smallest absolute Gasteiger partial charge is 0.200 e. The number of nitrogens with zero attached hydrogens (tertiary/aromatic N) is 5. The fourth-order valence-corrected chi connectivity index (χ4v) is 3.54. The molecule has 8 heteroatoms.